The minimum atomic E-state index is -1.40. The first kappa shape index (κ1) is 35.3. The molecule has 5 aliphatic rings. The van der Waals surface area contributed by atoms with E-state index in [4.69, 9.17) is 19.4 Å². The number of alkyl halides is 1. The summed E-state index contributed by atoms with van der Waals surface area (Å²) in [6.07, 6.45) is 1.95. The van der Waals surface area contributed by atoms with Crippen molar-refractivity contribution in [3.05, 3.63) is 52.5 Å². The highest BCUT2D eigenvalue weighted by Crippen LogP contribution is 2.43. The van der Waals surface area contributed by atoms with Crippen molar-refractivity contribution in [2.45, 2.75) is 95.1 Å². The van der Waals surface area contributed by atoms with Crippen molar-refractivity contribution >= 4 is 40.4 Å². The molecule has 0 bridgehead atoms. The number of aryl methyl sites for hydroxylation is 1. The van der Waals surface area contributed by atoms with Crippen LogP contribution in [0.3, 0.4) is 0 Å². The molecular formula is C38H45F2N7O6. The van der Waals surface area contributed by atoms with Gasteiger partial charge in [-0.05, 0) is 93.6 Å². The number of hydrogen-bond acceptors (Lipinski definition) is 10. The number of amides is 3. The Labute approximate surface area is 306 Å². The van der Waals surface area contributed by atoms with Crippen LogP contribution in [0.5, 0.6) is 6.01 Å². The Bertz CT molecular complexity index is 2010. The number of anilines is 2. The summed E-state index contributed by atoms with van der Waals surface area (Å²) in [4.78, 5) is 53.2. The molecule has 0 saturated carbocycles. The van der Waals surface area contributed by atoms with Crippen LogP contribution in [0.2, 0.25) is 0 Å². The van der Waals surface area contributed by atoms with Crippen molar-refractivity contribution in [2.24, 2.45) is 0 Å². The monoisotopic (exact) mass is 733 g/mol. The SMILES string of the molecule is CCc1c(F)ccc2cc(C(C)(C)OC(=O)O)cc(N3CCc4c(nc(OC[C@@]56CCCN5C[C@H](F)C6)nc4N4CCC[C@]5(C4)NC(=O)NC5=O)C3)c12. The second-order valence-corrected chi connectivity index (χ2v) is 15.7. The molecule has 4 saturated heterocycles. The van der Waals surface area contributed by atoms with Gasteiger partial charge in [0.15, 0.2) is 0 Å². The van der Waals surface area contributed by atoms with Crippen LogP contribution in [0, 0.1) is 5.82 Å². The summed E-state index contributed by atoms with van der Waals surface area (Å²) < 4.78 is 41.8. The topological polar surface area (TPSA) is 149 Å². The largest absolute Gasteiger partial charge is 0.506 e. The molecule has 5 aliphatic heterocycles. The summed E-state index contributed by atoms with van der Waals surface area (Å²) in [6, 6.07) is 6.51. The molecule has 3 atom stereocenters. The van der Waals surface area contributed by atoms with Gasteiger partial charge in [0.1, 0.15) is 35.6 Å². The number of nitrogens with one attached hydrogen (secondary N) is 2. The van der Waals surface area contributed by atoms with Crippen LogP contribution < -0.4 is 25.2 Å². The smallest absolute Gasteiger partial charge is 0.461 e. The summed E-state index contributed by atoms with van der Waals surface area (Å²) in [5.74, 6) is -0.0542. The molecule has 2 aromatic carbocycles. The van der Waals surface area contributed by atoms with Crippen LogP contribution in [-0.2, 0) is 34.5 Å². The van der Waals surface area contributed by atoms with E-state index in [2.05, 4.69) is 20.4 Å². The number of piperidine rings is 1. The molecule has 53 heavy (non-hydrogen) atoms. The molecule has 282 valence electrons. The number of hydrogen-bond donors (Lipinski definition) is 3. The lowest BCUT2D eigenvalue weighted by Crippen LogP contribution is -2.59. The average Bonchev–Trinajstić information content (AvgIpc) is 3.73. The van der Waals surface area contributed by atoms with Crippen LogP contribution >= 0.6 is 0 Å². The van der Waals surface area contributed by atoms with Crippen LogP contribution in [0.1, 0.15) is 75.3 Å². The van der Waals surface area contributed by atoms with Crippen LogP contribution in [0.4, 0.5) is 29.9 Å². The lowest BCUT2D eigenvalue weighted by molar-refractivity contribution is -0.124. The van der Waals surface area contributed by atoms with Gasteiger partial charge in [-0.15, -0.1) is 0 Å². The van der Waals surface area contributed by atoms with Gasteiger partial charge in [0.05, 0.1) is 24.3 Å². The molecule has 8 rings (SSSR count). The maximum absolute atomic E-state index is 15.4. The molecule has 3 amide bonds. The number of nitrogens with zero attached hydrogens (tertiary/aromatic N) is 5. The maximum atomic E-state index is 15.4. The highest BCUT2D eigenvalue weighted by atomic mass is 19.1. The van der Waals surface area contributed by atoms with E-state index in [0.717, 1.165) is 41.4 Å². The van der Waals surface area contributed by atoms with E-state index in [9.17, 15) is 23.9 Å². The van der Waals surface area contributed by atoms with Gasteiger partial charge in [0.25, 0.3) is 5.91 Å². The Balaban J connectivity index is 1.20. The summed E-state index contributed by atoms with van der Waals surface area (Å²) >= 11 is 0. The molecule has 1 aromatic heterocycles. The minimum absolute atomic E-state index is 0.151. The fourth-order valence-electron chi connectivity index (χ4n) is 9.33. The van der Waals surface area contributed by atoms with Crippen molar-refractivity contribution in [3.8, 4) is 6.01 Å². The Morgan fingerprint density at radius 3 is 2.68 bits per heavy atom. The minimum Gasteiger partial charge on any atom is -0.461 e. The molecule has 6 heterocycles. The zero-order valence-corrected chi connectivity index (χ0v) is 30.3. The molecule has 0 radical (unpaired) electrons. The summed E-state index contributed by atoms with van der Waals surface area (Å²) in [5, 5.41) is 16.3. The second-order valence-electron chi connectivity index (χ2n) is 15.7. The molecule has 1 spiro atoms. The van der Waals surface area contributed by atoms with Gasteiger partial charge < -0.3 is 29.7 Å². The van der Waals surface area contributed by atoms with Gasteiger partial charge in [0, 0.05) is 42.7 Å². The quantitative estimate of drug-likeness (QED) is 0.213. The molecule has 4 fully saturated rings. The van der Waals surface area contributed by atoms with Crippen molar-refractivity contribution in [3.63, 3.8) is 0 Å². The summed E-state index contributed by atoms with van der Waals surface area (Å²) in [5.41, 5.74) is 0.786. The first-order valence-corrected chi connectivity index (χ1v) is 18.5. The summed E-state index contributed by atoms with van der Waals surface area (Å²) in [6.45, 7) is 8.36. The third-order valence-electron chi connectivity index (χ3n) is 11.9. The number of aromatic nitrogens is 2. The zero-order chi connectivity index (χ0) is 37.3. The maximum Gasteiger partial charge on any atom is 0.506 e. The molecule has 0 unspecified atom stereocenters. The first-order valence-electron chi connectivity index (χ1n) is 18.5. The van der Waals surface area contributed by atoms with E-state index in [1.807, 2.05) is 24.0 Å². The Hall–Kier alpha value is -4.79. The number of halogens is 2. The first-order chi connectivity index (χ1) is 25.3. The Morgan fingerprint density at radius 1 is 1.11 bits per heavy atom. The number of urea groups is 1. The van der Waals surface area contributed by atoms with E-state index in [0.29, 0.717) is 80.9 Å². The number of fused-ring (bicyclic) bond motifs is 3. The number of ether oxygens (including phenoxy) is 2. The van der Waals surface area contributed by atoms with Gasteiger partial charge in [0.2, 0.25) is 0 Å². The van der Waals surface area contributed by atoms with Gasteiger partial charge in [-0.25, -0.2) is 18.4 Å². The summed E-state index contributed by atoms with van der Waals surface area (Å²) in [7, 11) is 0. The van der Waals surface area contributed by atoms with Gasteiger partial charge >= 0.3 is 18.2 Å². The molecule has 3 N–H and O–H groups in total. The second kappa shape index (κ2) is 13.0. The predicted molar refractivity (Wildman–Crippen MR) is 192 cm³/mol. The van der Waals surface area contributed by atoms with E-state index in [1.54, 1.807) is 19.9 Å². The fourth-order valence-corrected chi connectivity index (χ4v) is 9.33. The standard InChI is InChI=1S/C38H45F2N7O6/c1-4-25-27(40)8-7-22-15-23(36(2,3)53-35(50)51)16-29(30(22)25)45-14-9-26-28(19-45)41-34(52-21-37-10-5-13-47(37)18-24(39)17-37)42-31(26)46-12-6-11-38(20-46)32(48)43-33(49)44-38/h7-8,15-16,24H,4-6,9-14,17-21H2,1-3H3,(H,50,51)(H2,43,44,48,49)/t24-,37+,38-/m1/s1. The lowest BCUT2D eigenvalue weighted by atomic mass is 9.88. The van der Waals surface area contributed by atoms with Gasteiger partial charge in [-0.3, -0.25) is 15.0 Å². The highest BCUT2D eigenvalue weighted by molar-refractivity contribution is 6.07. The number of benzene rings is 2. The van der Waals surface area contributed by atoms with Crippen LogP contribution in [-0.4, -0.2) is 94.6 Å². The van der Waals surface area contributed by atoms with Crippen LogP contribution in [0.15, 0.2) is 24.3 Å². The fraction of sp³-hybridized carbons (Fsp3) is 0.553. The number of carboxylic acid groups (broad SMARTS) is 1. The van der Waals surface area contributed by atoms with E-state index >= 15 is 4.39 Å². The van der Waals surface area contributed by atoms with Crippen molar-refractivity contribution in [1.82, 2.24) is 25.5 Å². The van der Waals surface area contributed by atoms with Gasteiger partial charge in [-0.1, -0.05) is 13.0 Å². The molecule has 0 aliphatic carbocycles. The molecular weight excluding hydrogens is 688 g/mol. The van der Waals surface area contributed by atoms with Gasteiger partial charge in [-0.2, -0.15) is 9.97 Å². The molecule has 15 heteroatoms. The number of carbonyl (C=O) groups excluding carboxylic acids is 2. The predicted octanol–water partition coefficient (Wildman–Crippen LogP) is 4.96. The Kier molecular flexibility index (Phi) is 8.62. The average molecular weight is 734 g/mol. The number of carbonyl (C=O) groups is 3. The number of rotatable bonds is 8. The van der Waals surface area contributed by atoms with E-state index in [-0.39, 0.29) is 30.9 Å². The molecule has 3 aromatic rings. The lowest BCUT2D eigenvalue weighted by Gasteiger charge is -2.41. The third kappa shape index (κ3) is 6.15. The highest BCUT2D eigenvalue weighted by Gasteiger charge is 2.51. The zero-order valence-electron chi connectivity index (χ0n) is 30.3. The van der Waals surface area contributed by atoms with Crippen molar-refractivity contribution in [1.29, 1.82) is 0 Å². The van der Waals surface area contributed by atoms with E-state index in [1.165, 1.54) is 6.07 Å². The number of imide groups is 1. The van der Waals surface area contributed by atoms with E-state index < -0.39 is 35.0 Å². The van der Waals surface area contributed by atoms with Crippen molar-refractivity contribution in [2.75, 3.05) is 49.1 Å². The normalized spacial score (nSPS) is 25.8. The third-order valence-corrected chi connectivity index (χ3v) is 11.9. The Morgan fingerprint density at radius 2 is 1.92 bits per heavy atom. The van der Waals surface area contributed by atoms with Crippen molar-refractivity contribution < 1.29 is 37.7 Å². The molecule has 13 nitrogen and oxygen atoms in total. The van der Waals surface area contributed by atoms with Crippen LogP contribution in [0.25, 0.3) is 10.8 Å².